The molecule has 0 amide bonds. The van der Waals surface area contributed by atoms with Crippen LogP contribution in [0.1, 0.15) is 105 Å². The van der Waals surface area contributed by atoms with Crippen LogP contribution in [0.4, 0.5) is 0 Å². The molecule has 6 rings (SSSR count). The molecule has 4 fully saturated rings. The Labute approximate surface area is 178 Å². The molecule has 1 spiro atoms. The van der Waals surface area contributed by atoms with Crippen molar-refractivity contribution in [2.75, 3.05) is 0 Å². The third-order valence-corrected chi connectivity index (χ3v) is 10.7. The number of hydrogen-bond acceptors (Lipinski definition) is 2. The van der Waals surface area contributed by atoms with Gasteiger partial charge in [-0.15, -0.1) is 0 Å². The third-order valence-electron chi connectivity index (χ3n) is 10.7. The van der Waals surface area contributed by atoms with Crippen LogP contribution >= 0.6 is 0 Å². The number of carbonyl (C=O) groups is 1. The number of ether oxygens (including phenoxy) is 1. The fourth-order valence-electron chi connectivity index (χ4n) is 8.79. The Morgan fingerprint density at radius 3 is 2.52 bits per heavy atom. The summed E-state index contributed by atoms with van der Waals surface area (Å²) in [6, 6.07) is 0. The van der Waals surface area contributed by atoms with Gasteiger partial charge in [0.15, 0.2) is 0 Å². The number of allylic oxidation sites excluding steroid dienone is 2. The summed E-state index contributed by atoms with van der Waals surface area (Å²) in [4.78, 5) is 13.3. The molecule has 5 aliphatic carbocycles. The molecule has 2 heteroatoms. The smallest absolute Gasteiger partial charge is 0.318 e. The van der Waals surface area contributed by atoms with E-state index in [0.29, 0.717) is 11.3 Å². The highest BCUT2D eigenvalue weighted by Gasteiger charge is 2.70. The lowest BCUT2D eigenvalue weighted by molar-refractivity contribution is -0.195. The van der Waals surface area contributed by atoms with Crippen LogP contribution in [0.5, 0.6) is 0 Å². The van der Waals surface area contributed by atoms with Crippen LogP contribution in [0.15, 0.2) is 11.3 Å². The van der Waals surface area contributed by atoms with E-state index in [-0.39, 0.29) is 16.8 Å². The SMILES string of the molecule is CC(C)CCC[C@@H](C)[C@H]1CC[C@H]2C3=C(CC[C@]12C)[C@@]1(C)CCC2CC1(C2)C(=O)O3. The largest absolute Gasteiger partial charge is 0.430 e. The van der Waals surface area contributed by atoms with E-state index in [1.165, 1.54) is 63.5 Å². The minimum atomic E-state index is -0.162. The summed E-state index contributed by atoms with van der Waals surface area (Å²) in [7, 11) is 0. The van der Waals surface area contributed by atoms with E-state index in [0.717, 1.165) is 36.5 Å². The third kappa shape index (κ3) is 2.62. The average molecular weight is 399 g/mol. The molecular formula is C27H42O2. The zero-order valence-electron chi connectivity index (χ0n) is 19.5. The molecule has 29 heavy (non-hydrogen) atoms. The molecule has 2 nitrogen and oxygen atoms in total. The van der Waals surface area contributed by atoms with Crippen LogP contribution in [0.3, 0.4) is 0 Å². The Balaban J connectivity index is 1.41. The molecule has 0 aromatic carbocycles. The molecule has 0 unspecified atom stereocenters. The van der Waals surface area contributed by atoms with Crippen molar-refractivity contribution in [3.05, 3.63) is 11.3 Å². The molecule has 2 bridgehead atoms. The minimum absolute atomic E-state index is 0.0920. The second-order valence-corrected chi connectivity index (χ2v) is 12.5. The predicted molar refractivity (Wildman–Crippen MR) is 117 cm³/mol. The maximum atomic E-state index is 13.3. The van der Waals surface area contributed by atoms with E-state index in [1.807, 2.05) is 0 Å². The Hall–Kier alpha value is -0.790. The molecule has 0 N–H and O–H groups in total. The maximum Gasteiger partial charge on any atom is 0.318 e. The fraction of sp³-hybridized carbons (Fsp3) is 0.889. The van der Waals surface area contributed by atoms with Gasteiger partial charge in [0.1, 0.15) is 5.76 Å². The van der Waals surface area contributed by atoms with Crippen molar-refractivity contribution in [2.45, 2.75) is 105 Å². The molecule has 0 aromatic rings. The standard InChI is InChI=1S/C27H42O2/c1-17(2)7-6-8-18(3)20-9-10-21-23-22(12-13-25(20,21)4)26(5)14-11-19-15-27(26,16-19)24(28)29-23/h17-21H,6-16H2,1-5H3/t18-,19?,20-,21+,25-,26-,27?/m1/s1. The van der Waals surface area contributed by atoms with Crippen LogP contribution in [0.25, 0.3) is 0 Å². The lowest BCUT2D eigenvalue weighted by Crippen LogP contribution is -2.63. The Bertz CT molecular complexity index is 727. The van der Waals surface area contributed by atoms with E-state index in [4.69, 9.17) is 4.74 Å². The van der Waals surface area contributed by atoms with Gasteiger partial charge in [0.05, 0.1) is 5.41 Å². The monoisotopic (exact) mass is 398 g/mol. The zero-order chi connectivity index (χ0) is 20.6. The van der Waals surface area contributed by atoms with Gasteiger partial charge in [-0.2, -0.15) is 0 Å². The molecule has 0 aromatic heterocycles. The molecule has 6 aliphatic rings. The van der Waals surface area contributed by atoms with Gasteiger partial charge in [0.25, 0.3) is 0 Å². The molecule has 1 aliphatic heterocycles. The van der Waals surface area contributed by atoms with Crippen LogP contribution in [-0.2, 0) is 9.53 Å². The number of hydrogen-bond donors (Lipinski definition) is 0. The summed E-state index contributed by atoms with van der Waals surface area (Å²) in [6.45, 7) is 12.2. The van der Waals surface area contributed by atoms with Gasteiger partial charge in [-0.1, -0.05) is 53.9 Å². The van der Waals surface area contributed by atoms with Gasteiger partial charge in [0, 0.05) is 11.3 Å². The highest BCUT2D eigenvalue weighted by molar-refractivity contribution is 5.83. The minimum Gasteiger partial charge on any atom is -0.430 e. The van der Waals surface area contributed by atoms with Gasteiger partial charge >= 0.3 is 5.97 Å². The normalized spacial score (nSPS) is 46.6. The average Bonchev–Trinajstić information content (AvgIpc) is 2.97. The summed E-state index contributed by atoms with van der Waals surface area (Å²) < 4.78 is 6.33. The molecule has 4 saturated carbocycles. The lowest BCUT2D eigenvalue weighted by atomic mass is 9.39. The predicted octanol–water partition coefficient (Wildman–Crippen LogP) is 7.28. The van der Waals surface area contributed by atoms with Crippen molar-refractivity contribution in [2.24, 2.45) is 45.8 Å². The first-order chi connectivity index (χ1) is 13.7. The topological polar surface area (TPSA) is 26.3 Å². The molecule has 1 heterocycles. The Morgan fingerprint density at radius 2 is 1.79 bits per heavy atom. The van der Waals surface area contributed by atoms with Crippen molar-refractivity contribution in [1.82, 2.24) is 0 Å². The van der Waals surface area contributed by atoms with Gasteiger partial charge in [-0.05, 0) is 86.0 Å². The molecule has 5 atom stereocenters. The first kappa shape index (κ1) is 20.1. The lowest BCUT2D eigenvalue weighted by Gasteiger charge is -2.65. The van der Waals surface area contributed by atoms with Gasteiger partial charge < -0.3 is 4.74 Å². The van der Waals surface area contributed by atoms with Crippen molar-refractivity contribution in [1.29, 1.82) is 0 Å². The Kier molecular flexibility index (Phi) is 4.58. The highest BCUT2D eigenvalue weighted by Crippen LogP contribution is 2.73. The summed E-state index contributed by atoms with van der Waals surface area (Å²) in [5.41, 5.74) is 1.83. The van der Waals surface area contributed by atoms with Crippen molar-refractivity contribution in [3.63, 3.8) is 0 Å². The maximum absolute atomic E-state index is 13.3. The first-order valence-electron chi connectivity index (χ1n) is 12.7. The number of carbonyl (C=O) groups excluding carboxylic acids is 1. The second kappa shape index (κ2) is 6.60. The van der Waals surface area contributed by atoms with E-state index in [2.05, 4.69) is 34.6 Å². The second-order valence-electron chi connectivity index (χ2n) is 12.5. The summed E-state index contributed by atoms with van der Waals surface area (Å²) in [6.07, 6.45) is 13.8. The van der Waals surface area contributed by atoms with Crippen LogP contribution in [0, 0.1) is 45.8 Å². The van der Waals surface area contributed by atoms with Crippen molar-refractivity contribution < 1.29 is 9.53 Å². The highest BCUT2D eigenvalue weighted by atomic mass is 16.5. The zero-order valence-corrected chi connectivity index (χ0v) is 19.5. The van der Waals surface area contributed by atoms with Gasteiger partial charge in [-0.25, -0.2) is 0 Å². The summed E-state index contributed by atoms with van der Waals surface area (Å²) in [5, 5.41) is 0. The van der Waals surface area contributed by atoms with E-state index in [9.17, 15) is 4.79 Å². The number of rotatable bonds is 5. The molecule has 0 saturated heterocycles. The number of fused-ring (bicyclic) bond motifs is 3. The number of esters is 1. The van der Waals surface area contributed by atoms with Crippen LogP contribution < -0.4 is 0 Å². The van der Waals surface area contributed by atoms with Crippen LogP contribution in [0.2, 0.25) is 0 Å². The van der Waals surface area contributed by atoms with Gasteiger partial charge in [-0.3, -0.25) is 4.79 Å². The van der Waals surface area contributed by atoms with E-state index < -0.39 is 0 Å². The first-order valence-corrected chi connectivity index (χ1v) is 12.7. The van der Waals surface area contributed by atoms with Gasteiger partial charge in [0.2, 0.25) is 0 Å². The molecular weight excluding hydrogens is 356 g/mol. The quantitative estimate of drug-likeness (QED) is 0.455. The van der Waals surface area contributed by atoms with Crippen molar-refractivity contribution in [3.8, 4) is 0 Å². The molecule has 162 valence electrons. The van der Waals surface area contributed by atoms with Crippen molar-refractivity contribution >= 4 is 5.97 Å². The van der Waals surface area contributed by atoms with E-state index >= 15 is 0 Å². The summed E-state index contributed by atoms with van der Waals surface area (Å²) >= 11 is 0. The van der Waals surface area contributed by atoms with E-state index in [1.54, 1.807) is 5.57 Å². The fourth-order valence-corrected chi connectivity index (χ4v) is 8.79. The van der Waals surface area contributed by atoms with Crippen LogP contribution in [-0.4, -0.2) is 5.97 Å². The Morgan fingerprint density at radius 1 is 1.03 bits per heavy atom. The molecule has 0 radical (unpaired) electrons. The summed E-state index contributed by atoms with van der Waals surface area (Å²) in [5.74, 6) is 4.97.